The Balaban J connectivity index is 1.50. The molecule has 9 nitrogen and oxygen atoms in total. The molecule has 0 aliphatic rings. The Morgan fingerprint density at radius 2 is 1.87 bits per heavy atom. The molecule has 31 heavy (non-hydrogen) atoms. The van der Waals surface area contributed by atoms with E-state index in [2.05, 4.69) is 20.5 Å². The van der Waals surface area contributed by atoms with Gasteiger partial charge in [0.15, 0.2) is 5.65 Å². The van der Waals surface area contributed by atoms with E-state index in [0.29, 0.717) is 11.5 Å². The third-order valence-electron chi connectivity index (χ3n) is 5.40. The van der Waals surface area contributed by atoms with E-state index in [4.69, 9.17) is 0 Å². The van der Waals surface area contributed by atoms with Crippen molar-refractivity contribution in [3.63, 3.8) is 0 Å². The smallest absolute Gasteiger partial charge is 0.350 e. The summed E-state index contributed by atoms with van der Waals surface area (Å²) >= 11 is 0. The highest BCUT2D eigenvalue weighted by atomic mass is 16.2. The quantitative estimate of drug-likeness (QED) is 0.515. The van der Waals surface area contributed by atoms with Crippen LogP contribution in [0.2, 0.25) is 0 Å². The zero-order valence-electron chi connectivity index (χ0n) is 18.5. The van der Waals surface area contributed by atoms with Crippen molar-refractivity contribution in [3.8, 4) is 0 Å². The molecule has 0 radical (unpaired) electrons. The molecule has 0 bridgehead atoms. The molecular weight excluding hydrogens is 394 g/mol. The van der Waals surface area contributed by atoms with Crippen LogP contribution >= 0.6 is 0 Å². The lowest BCUT2D eigenvalue weighted by Crippen LogP contribution is -2.39. The topological polar surface area (TPSA) is 99.1 Å². The number of aryl methyl sites for hydroxylation is 3. The Bertz CT molecular complexity index is 1330. The Hall–Kier alpha value is -3.49. The molecule has 4 rings (SSSR count). The minimum atomic E-state index is -0.257. The van der Waals surface area contributed by atoms with Crippen LogP contribution < -0.4 is 11.0 Å². The van der Waals surface area contributed by atoms with Crippen molar-refractivity contribution >= 4 is 22.5 Å². The maximum absolute atomic E-state index is 13.1. The predicted molar refractivity (Wildman–Crippen MR) is 118 cm³/mol. The molecule has 0 saturated heterocycles. The number of hydrogen-bond donors (Lipinski definition) is 1. The third kappa shape index (κ3) is 3.95. The van der Waals surface area contributed by atoms with Crippen LogP contribution in [-0.4, -0.2) is 40.9 Å². The van der Waals surface area contributed by atoms with Crippen LogP contribution in [-0.2, 0) is 11.3 Å². The molecule has 0 aliphatic carbocycles. The first-order valence-electron chi connectivity index (χ1n) is 10.4. The molecule has 0 spiro atoms. The van der Waals surface area contributed by atoms with Gasteiger partial charge >= 0.3 is 5.69 Å². The van der Waals surface area contributed by atoms with Gasteiger partial charge in [0.05, 0.1) is 18.1 Å². The van der Waals surface area contributed by atoms with E-state index in [1.807, 2.05) is 65.0 Å². The fourth-order valence-corrected chi connectivity index (χ4v) is 4.06. The van der Waals surface area contributed by atoms with E-state index >= 15 is 0 Å². The molecule has 1 N–H and O–H groups in total. The summed E-state index contributed by atoms with van der Waals surface area (Å²) in [5.41, 5.74) is 2.17. The summed E-state index contributed by atoms with van der Waals surface area (Å²) < 4.78 is 4.82. The second-order valence-electron chi connectivity index (χ2n) is 8.18. The first-order valence-corrected chi connectivity index (χ1v) is 10.4. The monoisotopic (exact) mass is 421 g/mol. The van der Waals surface area contributed by atoms with Gasteiger partial charge in [-0.2, -0.15) is 5.10 Å². The van der Waals surface area contributed by atoms with Crippen molar-refractivity contribution in [2.75, 3.05) is 0 Å². The molecule has 2 unspecified atom stereocenters. The van der Waals surface area contributed by atoms with E-state index < -0.39 is 0 Å². The van der Waals surface area contributed by atoms with Gasteiger partial charge in [0.2, 0.25) is 5.91 Å². The fraction of sp³-hybridized carbons (Fsp3) is 0.409. The van der Waals surface area contributed by atoms with Crippen LogP contribution in [0.5, 0.6) is 0 Å². The van der Waals surface area contributed by atoms with Gasteiger partial charge in [0, 0.05) is 12.5 Å². The lowest BCUT2D eigenvalue weighted by atomic mass is 10.1. The largest absolute Gasteiger partial charge is 0.352 e. The normalized spacial score (nSPS) is 13.6. The number of para-hydroxylation sites is 1. The Kier molecular flexibility index (Phi) is 5.34. The number of fused-ring (bicyclic) bond motifs is 3. The van der Waals surface area contributed by atoms with E-state index in [-0.39, 0.29) is 36.6 Å². The second-order valence-corrected chi connectivity index (χ2v) is 8.18. The molecular formula is C22H27N7O2. The zero-order chi connectivity index (χ0) is 22.3. The summed E-state index contributed by atoms with van der Waals surface area (Å²) in [6.07, 6.45) is 0.276. The summed E-state index contributed by atoms with van der Waals surface area (Å²) in [7, 11) is 0. The van der Waals surface area contributed by atoms with E-state index in [1.54, 1.807) is 9.08 Å². The number of nitrogens with one attached hydrogen (secondary N) is 1. The average Bonchev–Trinajstić information content (AvgIpc) is 3.21. The Labute approximate surface area is 179 Å². The molecule has 162 valence electrons. The van der Waals surface area contributed by atoms with Crippen molar-refractivity contribution in [2.24, 2.45) is 0 Å². The number of rotatable bonds is 6. The van der Waals surface area contributed by atoms with Crippen molar-refractivity contribution in [2.45, 2.75) is 59.7 Å². The second kappa shape index (κ2) is 7.98. The number of carbonyl (C=O) groups is 1. The number of aromatic nitrogens is 6. The van der Waals surface area contributed by atoms with Crippen LogP contribution in [0.4, 0.5) is 0 Å². The highest BCUT2D eigenvalue weighted by molar-refractivity contribution is 5.83. The fourth-order valence-electron chi connectivity index (χ4n) is 4.06. The SMILES string of the molecule is Cc1nc(C)n(C(C)CC(=O)NC(C)Cn2nc3c(C)cc4ccccc4n3c2=O)n1. The average molecular weight is 422 g/mol. The molecule has 4 aromatic rings. The van der Waals surface area contributed by atoms with Gasteiger partial charge in [0.1, 0.15) is 11.6 Å². The van der Waals surface area contributed by atoms with Crippen LogP contribution in [0, 0.1) is 20.8 Å². The van der Waals surface area contributed by atoms with Crippen molar-refractivity contribution in [1.82, 2.24) is 34.3 Å². The number of nitrogens with zero attached hydrogens (tertiary/aromatic N) is 6. The summed E-state index contributed by atoms with van der Waals surface area (Å²) in [5.74, 6) is 1.36. The van der Waals surface area contributed by atoms with Crippen molar-refractivity contribution in [3.05, 3.63) is 58.0 Å². The molecule has 1 aromatic carbocycles. The number of hydrogen-bond acceptors (Lipinski definition) is 5. The molecule has 3 aromatic heterocycles. The van der Waals surface area contributed by atoms with Gasteiger partial charge in [0.25, 0.3) is 0 Å². The highest BCUT2D eigenvalue weighted by Gasteiger charge is 2.18. The molecule has 2 atom stereocenters. The van der Waals surface area contributed by atoms with Gasteiger partial charge in [-0.05, 0) is 57.7 Å². The van der Waals surface area contributed by atoms with Crippen LogP contribution in [0.3, 0.4) is 0 Å². The predicted octanol–water partition coefficient (Wildman–Crippen LogP) is 2.32. The number of amides is 1. The number of carbonyl (C=O) groups excluding carboxylic acids is 1. The third-order valence-corrected chi connectivity index (χ3v) is 5.40. The molecule has 0 saturated carbocycles. The molecule has 0 fully saturated rings. The van der Waals surface area contributed by atoms with Crippen LogP contribution in [0.1, 0.15) is 43.5 Å². The van der Waals surface area contributed by atoms with Gasteiger partial charge in [-0.3, -0.25) is 4.79 Å². The zero-order valence-corrected chi connectivity index (χ0v) is 18.5. The van der Waals surface area contributed by atoms with Gasteiger partial charge in [-0.1, -0.05) is 18.2 Å². The van der Waals surface area contributed by atoms with Crippen LogP contribution in [0.15, 0.2) is 35.1 Å². The maximum Gasteiger partial charge on any atom is 0.350 e. The lowest BCUT2D eigenvalue weighted by Gasteiger charge is -2.16. The number of pyridine rings is 1. The minimum Gasteiger partial charge on any atom is -0.352 e. The van der Waals surface area contributed by atoms with Gasteiger partial charge in [-0.15, -0.1) is 5.10 Å². The molecule has 3 heterocycles. The molecule has 0 aliphatic heterocycles. The summed E-state index contributed by atoms with van der Waals surface area (Å²) in [4.78, 5) is 29.9. The van der Waals surface area contributed by atoms with Gasteiger partial charge < -0.3 is 5.32 Å². The van der Waals surface area contributed by atoms with Crippen molar-refractivity contribution in [1.29, 1.82) is 0 Å². The molecule has 1 amide bonds. The minimum absolute atomic E-state index is 0.106. The lowest BCUT2D eigenvalue weighted by molar-refractivity contribution is -0.122. The van der Waals surface area contributed by atoms with E-state index in [0.717, 1.165) is 22.3 Å². The summed E-state index contributed by atoms with van der Waals surface area (Å²) in [6, 6.07) is 9.41. The standard InChI is InChI=1S/C22H27N7O2/c1-13-10-18-8-6-7-9-19(18)28-21(13)26-27(22(28)31)12-14(2)23-20(30)11-15(3)29-17(5)24-16(4)25-29/h6-10,14-15H,11-12H2,1-5H3,(H,23,30). The Morgan fingerprint density at radius 3 is 2.58 bits per heavy atom. The first-order chi connectivity index (χ1) is 14.7. The number of benzene rings is 1. The van der Waals surface area contributed by atoms with E-state index in [9.17, 15) is 9.59 Å². The Morgan fingerprint density at radius 1 is 1.13 bits per heavy atom. The highest BCUT2D eigenvalue weighted by Crippen LogP contribution is 2.18. The summed E-state index contributed by atoms with van der Waals surface area (Å²) in [6.45, 7) is 9.74. The maximum atomic E-state index is 13.1. The van der Waals surface area contributed by atoms with Gasteiger partial charge in [-0.25, -0.2) is 23.5 Å². The molecule has 9 heteroatoms. The van der Waals surface area contributed by atoms with E-state index in [1.165, 1.54) is 4.68 Å². The first kappa shape index (κ1) is 20.8. The van der Waals surface area contributed by atoms with Crippen molar-refractivity contribution < 1.29 is 4.79 Å². The van der Waals surface area contributed by atoms with Crippen LogP contribution in [0.25, 0.3) is 16.6 Å². The summed E-state index contributed by atoms with van der Waals surface area (Å²) in [5, 5.41) is 12.8.